The Morgan fingerprint density at radius 3 is 2.68 bits per heavy atom. The van der Waals surface area contributed by atoms with Crippen molar-refractivity contribution < 1.29 is 9.53 Å². The van der Waals surface area contributed by atoms with Gasteiger partial charge >= 0.3 is 0 Å². The van der Waals surface area contributed by atoms with Gasteiger partial charge in [-0.2, -0.15) is 0 Å². The lowest BCUT2D eigenvalue weighted by Gasteiger charge is -2.19. The summed E-state index contributed by atoms with van der Waals surface area (Å²) in [5.41, 5.74) is 1.19. The van der Waals surface area contributed by atoms with Crippen LogP contribution in [-0.2, 0) is 9.53 Å². The smallest absolute Gasteiger partial charge is 0.248 e. The van der Waals surface area contributed by atoms with Crippen LogP contribution in [-0.4, -0.2) is 38.8 Å². The summed E-state index contributed by atoms with van der Waals surface area (Å²) in [7, 11) is 2.06. The molecule has 0 saturated carbocycles. The van der Waals surface area contributed by atoms with Crippen molar-refractivity contribution >= 4 is 11.6 Å². The van der Waals surface area contributed by atoms with Crippen molar-refractivity contribution in [3.05, 3.63) is 30.3 Å². The largest absolute Gasteiger partial charge is 0.375 e. The maximum Gasteiger partial charge on any atom is 0.248 e. The standard InChI is InChI=1S/C15H24N2O2/c1-4-19-13(2)15(18)16-11-8-12-17(3)14-9-6-5-7-10-14/h5-7,9-10,13H,4,8,11-12H2,1-3H3,(H,16,18)/t13-/m0/s1. The molecule has 0 unspecified atom stereocenters. The van der Waals surface area contributed by atoms with Gasteiger partial charge in [-0.05, 0) is 32.4 Å². The number of anilines is 1. The molecule has 1 rings (SSSR count). The lowest BCUT2D eigenvalue weighted by atomic mass is 10.3. The van der Waals surface area contributed by atoms with Crippen molar-refractivity contribution in [1.82, 2.24) is 5.32 Å². The average molecular weight is 264 g/mol. The molecule has 0 aliphatic rings. The first-order chi connectivity index (χ1) is 9.15. The van der Waals surface area contributed by atoms with Crippen LogP contribution in [0, 0.1) is 0 Å². The fraction of sp³-hybridized carbons (Fsp3) is 0.533. The number of carbonyl (C=O) groups excluding carboxylic acids is 1. The second-order valence-corrected chi connectivity index (χ2v) is 4.50. The van der Waals surface area contributed by atoms with E-state index in [2.05, 4.69) is 29.4 Å². The Morgan fingerprint density at radius 2 is 2.05 bits per heavy atom. The van der Waals surface area contributed by atoms with Gasteiger partial charge in [0.1, 0.15) is 6.10 Å². The normalized spacial score (nSPS) is 11.9. The third kappa shape index (κ3) is 5.75. The predicted octanol–water partition coefficient (Wildman–Crippen LogP) is 2.05. The Balaban J connectivity index is 2.19. The second kappa shape index (κ2) is 8.53. The van der Waals surface area contributed by atoms with Crippen LogP contribution in [0.25, 0.3) is 0 Å². The van der Waals surface area contributed by atoms with Crippen LogP contribution in [0.15, 0.2) is 30.3 Å². The number of hydrogen-bond acceptors (Lipinski definition) is 3. The molecule has 0 bridgehead atoms. The predicted molar refractivity (Wildman–Crippen MR) is 78.4 cm³/mol. The minimum Gasteiger partial charge on any atom is -0.375 e. The molecule has 0 fully saturated rings. The summed E-state index contributed by atoms with van der Waals surface area (Å²) < 4.78 is 5.23. The van der Waals surface area contributed by atoms with Crippen molar-refractivity contribution in [1.29, 1.82) is 0 Å². The summed E-state index contributed by atoms with van der Waals surface area (Å²) in [6.45, 7) is 5.81. The lowest BCUT2D eigenvalue weighted by Crippen LogP contribution is -2.36. The van der Waals surface area contributed by atoms with Crippen molar-refractivity contribution in [3.63, 3.8) is 0 Å². The van der Waals surface area contributed by atoms with Gasteiger partial charge in [0, 0.05) is 32.4 Å². The number of nitrogens with one attached hydrogen (secondary N) is 1. The van der Waals surface area contributed by atoms with Gasteiger partial charge in [0.2, 0.25) is 5.91 Å². The number of hydrogen-bond donors (Lipinski definition) is 1. The van der Waals surface area contributed by atoms with Crippen LogP contribution >= 0.6 is 0 Å². The zero-order valence-electron chi connectivity index (χ0n) is 12.1. The van der Waals surface area contributed by atoms with Gasteiger partial charge in [-0.25, -0.2) is 0 Å². The minimum absolute atomic E-state index is 0.0378. The van der Waals surface area contributed by atoms with E-state index in [1.807, 2.05) is 25.1 Å². The highest BCUT2D eigenvalue weighted by molar-refractivity contribution is 5.80. The molecule has 1 amide bonds. The van der Waals surface area contributed by atoms with Gasteiger partial charge in [0.25, 0.3) is 0 Å². The number of ether oxygens (including phenoxy) is 1. The highest BCUT2D eigenvalue weighted by atomic mass is 16.5. The Labute approximate surface area is 115 Å². The topological polar surface area (TPSA) is 41.6 Å². The number of amides is 1. The molecule has 1 aromatic carbocycles. The van der Waals surface area contributed by atoms with Gasteiger partial charge in [-0.15, -0.1) is 0 Å². The summed E-state index contributed by atoms with van der Waals surface area (Å²) in [5.74, 6) is -0.0378. The van der Waals surface area contributed by atoms with Crippen molar-refractivity contribution in [3.8, 4) is 0 Å². The highest BCUT2D eigenvalue weighted by Gasteiger charge is 2.11. The van der Waals surface area contributed by atoms with E-state index in [4.69, 9.17) is 4.74 Å². The quantitative estimate of drug-likeness (QED) is 0.731. The number of rotatable bonds is 8. The Bertz CT molecular complexity index is 368. The van der Waals surface area contributed by atoms with E-state index in [1.54, 1.807) is 6.92 Å². The SMILES string of the molecule is CCO[C@@H](C)C(=O)NCCCN(C)c1ccccc1. The molecular formula is C15H24N2O2. The third-order valence-electron chi connectivity index (χ3n) is 2.95. The van der Waals surface area contributed by atoms with Gasteiger partial charge in [0.15, 0.2) is 0 Å². The Morgan fingerprint density at radius 1 is 1.37 bits per heavy atom. The van der Waals surface area contributed by atoms with Gasteiger partial charge in [-0.1, -0.05) is 18.2 Å². The van der Waals surface area contributed by atoms with E-state index in [0.717, 1.165) is 13.0 Å². The summed E-state index contributed by atoms with van der Waals surface area (Å²) >= 11 is 0. The molecule has 0 aliphatic heterocycles. The summed E-state index contributed by atoms with van der Waals surface area (Å²) in [4.78, 5) is 13.8. The van der Waals surface area contributed by atoms with Crippen LogP contribution in [0.2, 0.25) is 0 Å². The summed E-state index contributed by atoms with van der Waals surface area (Å²) in [6.07, 6.45) is 0.549. The molecule has 19 heavy (non-hydrogen) atoms. The molecule has 0 saturated heterocycles. The molecular weight excluding hydrogens is 240 g/mol. The molecule has 4 nitrogen and oxygen atoms in total. The third-order valence-corrected chi connectivity index (χ3v) is 2.95. The molecule has 0 radical (unpaired) electrons. The first kappa shape index (κ1) is 15.5. The molecule has 1 aromatic rings. The molecule has 4 heteroatoms. The number of benzene rings is 1. The van der Waals surface area contributed by atoms with E-state index >= 15 is 0 Å². The molecule has 0 aliphatic carbocycles. The number of carbonyl (C=O) groups is 1. The van der Waals surface area contributed by atoms with Crippen LogP contribution < -0.4 is 10.2 Å². The number of para-hydroxylation sites is 1. The second-order valence-electron chi connectivity index (χ2n) is 4.50. The lowest BCUT2D eigenvalue weighted by molar-refractivity contribution is -0.131. The van der Waals surface area contributed by atoms with Gasteiger partial charge in [0.05, 0.1) is 0 Å². The molecule has 1 atom stereocenters. The maximum absolute atomic E-state index is 11.6. The zero-order chi connectivity index (χ0) is 14.1. The molecule has 0 spiro atoms. The highest BCUT2D eigenvalue weighted by Crippen LogP contribution is 2.10. The van der Waals surface area contributed by atoms with Crippen LogP contribution in [0.3, 0.4) is 0 Å². The Hall–Kier alpha value is -1.55. The van der Waals surface area contributed by atoms with Gasteiger partial charge < -0.3 is 15.0 Å². The Kier molecular flexibility index (Phi) is 6.97. The molecule has 0 aromatic heterocycles. The van der Waals surface area contributed by atoms with E-state index < -0.39 is 0 Å². The minimum atomic E-state index is -0.364. The first-order valence-electron chi connectivity index (χ1n) is 6.80. The van der Waals surface area contributed by atoms with Crippen molar-refractivity contribution in [2.75, 3.05) is 31.6 Å². The van der Waals surface area contributed by atoms with E-state index in [0.29, 0.717) is 13.2 Å². The van der Waals surface area contributed by atoms with Crippen LogP contribution in [0.4, 0.5) is 5.69 Å². The van der Waals surface area contributed by atoms with E-state index in [1.165, 1.54) is 5.69 Å². The van der Waals surface area contributed by atoms with E-state index in [-0.39, 0.29) is 12.0 Å². The average Bonchev–Trinajstić information content (AvgIpc) is 2.44. The number of nitrogens with zero attached hydrogens (tertiary/aromatic N) is 1. The molecule has 1 N–H and O–H groups in total. The maximum atomic E-state index is 11.6. The van der Waals surface area contributed by atoms with Gasteiger partial charge in [-0.3, -0.25) is 4.79 Å². The van der Waals surface area contributed by atoms with Crippen LogP contribution in [0.1, 0.15) is 20.3 Å². The van der Waals surface area contributed by atoms with Crippen LogP contribution in [0.5, 0.6) is 0 Å². The summed E-state index contributed by atoms with van der Waals surface area (Å²) in [6, 6.07) is 10.2. The fourth-order valence-corrected chi connectivity index (χ4v) is 1.81. The summed E-state index contributed by atoms with van der Waals surface area (Å²) in [5, 5.41) is 2.88. The zero-order valence-corrected chi connectivity index (χ0v) is 12.1. The monoisotopic (exact) mass is 264 g/mol. The molecule has 0 heterocycles. The fourth-order valence-electron chi connectivity index (χ4n) is 1.81. The van der Waals surface area contributed by atoms with Crippen molar-refractivity contribution in [2.24, 2.45) is 0 Å². The molecule has 106 valence electrons. The first-order valence-corrected chi connectivity index (χ1v) is 6.80. The van der Waals surface area contributed by atoms with Crippen molar-refractivity contribution in [2.45, 2.75) is 26.4 Å². The van der Waals surface area contributed by atoms with E-state index in [9.17, 15) is 4.79 Å².